The van der Waals surface area contributed by atoms with Crippen LogP contribution in [0.15, 0.2) is 66.7 Å². The van der Waals surface area contributed by atoms with E-state index in [4.69, 9.17) is 15.5 Å². The topological polar surface area (TPSA) is 106 Å². The zero-order valence-electron chi connectivity index (χ0n) is 23.8. The van der Waals surface area contributed by atoms with E-state index in [0.717, 1.165) is 51.7 Å². The van der Waals surface area contributed by atoms with Crippen LogP contribution in [0.1, 0.15) is 58.7 Å². The van der Waals surface area contributed by atoms with Crippen LogP contribution in [0.25, 0.3) is 10.9 Å². The minimum absolute atomic E-state index is 0.00582. The van der Waals surface area contributed by atoms with Gasteiger partial charge in [-0.1, -0.05) is 48.0 Å². The first-order valence-electron chi connectivity index (χ1n) is 14.3. The van der Waals surface area contributed by atoms with Crippen LogP contribution >= 0.6 is 0 Å². The Hall–Kier alpha value is -4.30. The summed E-state index contributed by atoms with van der Waals surface area (Å²) in [6, 6.07) is 20.2. The average Bonchev–Trinajstić information content (AvgIpc) is 3.89. The number of hydroxylamine groups is 2. The van der Waals surface area contributed by atoms with Gasteiger partial charge < -0.3 is 10.5 Å². The average molecular weight is 568 g/mol. The van der Waals surface area contributed by atoms with Crippen molar-refractivity contribution < 1.29 is 23.9 Å². The van der Waals surface area contributed by atoms with Gasteiger partial charge in [0.2, 0.25) is 11.8 Å². The maximum Gasteiger partial charge on any atom is 0.250 e. The summed E-state index contributed by atoms with van der Waals surface area (Å²) in [7, 11) is 0. The van der Waals surface area contributed by atoms with Crippen molar-refractivity contribution in [2.24, 2.45) is 17.1 Å². The minimum atomic E-state index is -1.18. The van der Waals surface area contributed by atoms with Crippen LogP contribution in [0.3, 0.4) is 0 Å². The van der Waals surface area contributed by atoms with Crippen LogP contribution in [0.5, 0.6) is 5.75 Å². The Bertz CT molecular complexity index is 1700. The highest BCUT2D eigenvalue weighted by Crippen LogP contribution is 2.55. The molecule has 2 fully saturated rings. The number of primary amides is 1. The number of carbonyl (C=O) groups is 2. The number of aromatic nitrogens is 1. The molecule has 3 aromatic carbocycles. The van der Waals surface area contributed by atoms with Gasteiger partial charge in [-0.2, -0.15) is 0 Å². The lowest BCUT2D eigenvalue weighted by molar-refractivity contribution is -0.171. The molecule has 1 heterocycles. The second-order valence-electron chi connectivity index (χ2n) is 11.8. The molecule has 7 nitrogen and oxygen atoms in total. The summed E-state index contributed by atoms with van der Waals surface area (Å²) >= 11 is 0. The number of hydrogen-bond acceptors (Lipinski definition) is 5. The van der Waals surface area contributed by atoms with Crippen molar-refractivity contribution in [3.8, 4) is 5.75 Å². The molecule has 2 atom stereocenters. The molecule has 8 heteroatoms. The number of para-hydroxylation sites is 1. The standard InChI is InChI=1S/C34H34FN3O4/c1-20-7-9-24(21(2)13-20)18-38(41)32(39)27-17-34(27,33(36)40)16-22-8-12-31(28(35)14-22)42-19-25-15-30(23-10-11-23)37-29-6-4-3-5-26(25)29/h3-9,12-15,23,27,41H,10-11,16-19H2,1-2H3,(H2,36,40)/t27?,34-/m0/s1. The van der Waals surface area contributed by atoms with E-state index < -0.39 is 29.0 Å². The first-order valence-corrected chi connectivity index (χ1v) is 14.3. The molecule has 42 heavy (non-hydrogen) atoms. The zero-order valence-corrected chi connectivity index (χ0v) is 23.8. The molecular formula is C34H34FN3O4. The number of hydrogen-bond donors (Lipinski definition) is 2. The van der Waals surface area contributed by atoms with Crippen LogP contribution in [0.4, 0.5) is 4.39 Å². The lowest BCUT2D eigenvalue weighted by Gasteiger charge is -2.19. The van der Waals surface area contributed by atoms with Crippen LogP contribution in [0, 0.1) is 31.0 Å². The second kappa shape index (κ2) is 10.8. The lowest BCUT2D eigenvalue weighted by Crippen LogP contribution is -2.35. The third-order valence-corrected chi connectivity index (χ3v) is 8.65. The summed E-state index contributed by atoms with van der Waals surface area (Å²) in [6.07, 6.45) is 2.55. The van der Waals surface area contributed by atoms with Gasteiger partial charge in [-0.25, -0.2) is 9.45 Å². The van der Waals surface area contributed by atoms with Gasteiger partial charge in [0.05, 0.1) is 23.4 Å². The first kappa shape index (κ1) is 27.8. The maximum absolute atomic E-state index is 15.2. The zero-order chi connectivity index (χ0) is 29.6. The van der Waals surface area contributed by atoms with Crippen molar-refractivity contribution in [2.75, 3.05) is 0 Å². The summed E-state index contributed by atoms with van der Waals surface area (Å²) in [6.45, 7) is 4.08. The number of benzene rings is 3. The fourth-order valence-corrected chi connectivity index (χ4v) is 5.90. The third kappa shape index (κ3) is 5.46. The molecule has 2 aliphatic rings. The van der Waals surface area contributed by atoms with Crippen molar-refractivity contribution >= 4 is 22.7 Å². The lowest BCUT2D eigenvalue weighted by atomic mass is 9.92. The van der Waals surface area contributed by atoms with Gasteiger partial charge >= 0.3 is 0 Å². The molecule has 0 aliphatic heterocycles. The van der Waals surface area contributed by atoms with Crippen LogP contribution < -0.4 is 10.5 Å². The summed E-state index contributed by atoms with van der Waals surface area (Å²) < 4.78 is 21.1. The fourth-order valence-electron chi connectivity index (χ4n) is 5.90. The quantitative estimate of drug-likeness (QED) is 0.183. The van der Waals surface area contributed by atoms with E-state index in [0.29, 0.717) is 16.5 Å². The van der Waals surface area contributed by atoms with E-state index in [1.165, 1.54) is 6.07 Å². The number of fused-ring (bicyclic) bond motifs is 1. The number of nitrogens with two attached hydrogens (primary N) is 1. The van der Waals surface area contributed by atoms with Crippen molar-refractivity contribution in [3.05, 3.63) is 106 Å². The second-order valence-corrected chi connectivity index (χ2v) is 11.8. The molecule has 2 amide bonds. The number of rotatable bonds is 10. The molecule has 6 rings (SSSR count). The first-order chi connectivity index (χ1) is 20.1. The van der Waals surface area contributed by atoms with E-state index in [2.05, 4.69) is 6.07 Å². The van der Waals surface area contributed by atoms with E-state index >= 15 is 4.39 Å². The van der Waals surface area contributed by atoms with Crippen molar-refractivity contribution in [1.82, 2.24) is 10.0 Å². The molecule has 0 radical (unpaired) electrons. The van der Waals surface area contributed by atoms with E-state index in [1.807, 2.05) is 56.3 Å². The van der Waals surface area contributed by atoms with Crippen molar-refractivity contribution in [2.45, 2.75) is 58.6 Å². The number of halogens is 1. The Labute approximate surface area is 244 Å². The largest absolute Gasteiger partial charge is 0.486 e. The third-order valence-electron chi connectivity index (χ3n) is 8.65. The van der Waals surface area contributed by atoms with E-state index in [9.17, 15) is 14.8 Å². The number of ether oxygens (including phenoxy) is 1. The molecule has 216 valence electrons. The molecule has 0 bridgehead atoms. The Morgan fingerprint density at radius 3 is 2.57 bits per heavy atom. The highest BCUT2D eigenvalue weighted by molar-refractivity contribution is 5.95. The predicted molar refractivity (Wildman–Crippen MR) is 156 cm³/mol. The molecule has 3 N–H and O–H groups in total. The summed E-state index contributed by atoms with van der Waals surface area (Å²) in [5.41, 5.74) is 10.8. The smallest absolute Gasteiger partial charge is 0.250 e. The van der Waals surface area contributed by atoms with Gasteiger partial charge in [0.15, 0.2) is 11.6 Å². The van der Waals surface area contributed by atoms with E-state index in [1.54, 1.807) is 12.1 Å². The summed E-state index contributed by atoms with van der Waals surface area (Å²) in [5, 5.41) is 12.2. The highest BCUT2D eigenvalue weighted by atomic mass is 19.1. The van der Waals surface area contributed by atoms with Gasteiger partial charge in [-0.15, -0.1) is 0 Å². The normalized spacial score (nSPS) is 19.5. The van der Waals surface area contributed by atoms with Crippen LogP contribution in [0.2, 0.25) is 0 Å². The number of amides is 2. The van der Waals surface area contributed by atoms with Gasteiger partial charge in [0.1, 0.15) is 6.61 Å². The molecular weight excluding hydrogens is 533 g/mol. The Morgan fingerprint density at radius 1 is 1.07 bits per heavy atom. The fraction of sp³-hybridized carbons (Fsp3) is 0.324. The van der Waals surface area contributed by atoms with Gasteiger partial charge in [-0.3, -0.25) is 19.8 Å². The van der Waals surface area contributed by atoms with Crippen LogP contribution in [-0.4, -0.2) is 27.1 Å². The van der Waals surface area contributed by atoms with Crippen LogP contribution in [-0.2, 0) is 29.2 Å². The SMILES string of the molecule is Cc1ccc(CN(O)C(=O)C2C[C@]2(Cc2ccc(OCc3cc(C4CC4)nc4ccccc34)c(F)c2)C(N)=O)c(C)c1. The number of pyridine rings is 1. The molecule has 0 saturated heterocycles. The Balaban J connectivity index is 1.14. The molecule has 4 aromatic rings. The number of aryl methyl sites for hydroxylation is 2. The van der Waals surface area contributed by atoms with Crippen molar-refractivity contribution in [3.63, 3.8) is 0 Å². The molecule has 2 saturated carbocycles. The van der Waals surface area contributed by atoms with Crippen molar-refractivity contribution in [1.29, 1.82) is 0 Å². The summed E-state index contributed by atoms with van der Waals surface area (Å²) in [5.74, 6) is -1.97. The molecule has 1 unspecified atom stereocenters. The monoisotopic (exact) mass is 567 g/mol. The Kier molecular flexibility index (Phi) is 7.19. The molecule has 2 aliphatic carbocycles. The van der Waals surface area contributed by atoms with Gasteiger partial charge in [-0.05, 0) is 80.5 Å². The minimum Gasteiger partial charge on any atom is -0.486 e. The Morgan fingerprint density at radius 2 is 1.86 bits per heavy atom. The van der Waals surface area contributed by atoms with Gasteiger partial charge in [0.25, 0.3) is 0 Å². The predicted octanol–water partition coefficient (Wildman–Crippen LogP) is 5.90. The molecule has 0 spiro atoms. The molecule has 1 aromatic heterocycles. The highest BCUT2D eigenvalue weighted by Gasteiger charge is 2.63. The number of nitrogens with zero attached hydrogens (tertiary/aromatic N) is 2. The maximum atomic E-state index is 15.2. The summed E-state index contributed by atoms with van der Waals surface area (Å²) in [4.78, 5) is 30.4. The van der Waals surface area contributed by atoms with E-state index in [-0.39, 0.29) is 31.7 Å². The van der Waals surface area contributed by atoms with Gasteiger partial charge in [0, 0.05) is 22.6 Å². The number of carbonyl (C=O) groups excluding carboxylic acids is 2.